The first-order chi connectivity index (χ1) is 10.0. The highest BCUT2D eigenvalue weighted by Crippen LogP contribution is 2.27. The molecule has 0 radical (unpaired) electrons. The molecule has 0 aromatic heterocycles. The Morgan fingerprint density at radius 3 is 2.33 bits per heavy atom. The molecule has 1 unspecified atom stereocenters. The van der Waals surface area contributed by atoms with Crippen LogP contribution in [0.1, 0.15) is 54.1 Å². The van der Waals surface area contributed by atoms with Crippen molar-refractivity contribution in [3.63, 3.8) is 0 Å². The van der Waals surface area contributed by atoms with Crippen LogP contribution in [0.3, 0.4) is 0 Å². The van der Waals surface area contributed by atoms with E-state index in [1.54, 1.807) is 0 Å². The van der Waals surface area contributed by atoms with E-state index in [1.807, 2.05) is 0 Å². The number of anilines is 1. The van der Waals surface area contributed by atoms with Gasteiger partial charge in [0.05, 0.1) is 0 Å². The van der Waals surface area contributed by atoms with Crippen LogP contribution < -0.4 is 5.32 Å². The molecule has 0 bridgehead atoms. The number of hydrogen-bond donors (Lipinski definition) is 1. The van der Waals surface area contributed by atoms with E-state index in [2.05, 4.69) is 76.3 Å². The maximum atomic E-state index is 3.70. The standard InChI is InChI=1S/C20H27N/c1-6-9-18-10-7-8-11-20(18)21-17(5)19-13-15(3)14(2)12-16(19)4/h7-8,10-13,17,21H,6,9H2,1-5H3. The smallest absolute Gasteiger partial charge is 0.0488 e. The number of para-hydroxylation sites is 1. The quantitative estimate of drug-likeness (QED) is 0.737. The van der Waals surface area contributed by atoms with Gasteiger partial charge in [0.1, 0.15) is 0 Å². The molecule has 1 atom stereocenters. The highest BCUT2D eigenvalue weighted by molar-refractivity contribution is 5.53. The van der Waals surface area contributed by atoms with Crippen molar-refractivity contribution in [3.05, 3.63) is 64.2 Å². The van der Waals surface area contributed by atoms with Gasteiger partial charge in [0.25, 0.3) is 0 Å². The van der Waals surface area contributed by atoms with Crippen molar-refractivity contribution in [2.75, 3.05) is 5.32 Å². The van der Waals surface area contributed by atoms with Gasteiger partial charge in [0, 0.05) is 11.7 Å². The van der Waals surface area contributed by atoms with Crippen molar-refractivity contribution in [2.45, 2.75) is 53.5 Å². The third kappa shape index (κ3) is 3.66. The van der Waals surface area contributed by atoms with Crippen molar-refractivity contribution in [2.24, 2.45) is 0 Å². The molecule has 2 aromatic rings. The van der Waals surface area contributed by atoms with E-state index in [9.17, 15) is 0 Å². The van der Waals surface area contributed by atoms with Gasteiger partial charge < -0.3 is 5.32 Å². The SMILES string of the molecule is CCCc1ccccc1NC(C)c1cc(C)c(C)cc1C. The molecule has 0 spiro atoms. The van der Waals surface area contributed by atoms with E-state index >= 15 is 0 Å². The van der Waals surface area contributed by atoms with Crippen LogP contribution in [-0.2, 0) is 6.42 Å². The van der Waals surface area contributed by atoms with E-state index in [4.69, 9.17) is 0 Å². The lowest BCUT2D eigenvalue weighted by molar-refractivity contribution is 0.857. The Hall–Kier alpha value is -1.76. The molecule has 0 heterocycles. The summed E-state index contributed by atoms with van der Waals surface area (Å²) >= 11 is 0. The topological polar surface area (TPSA) is 12.0 Å². The second kappa shape index (κ2) is 6.80. The van der Waals surface area contributed by atoms with Crippen molar-refractivity contribution < 1.29 is 0 Å². The van der Waals surface area contributed by atoms with Crippen LogP contribution >= 0.6 is 0 Å². The number of nitrogens with one attached hydrogen (secondary N) is 1. The summed E-state index contributed by atoms with van der Waals surface area (Å²) in [5, 5.41) is 3.70. The second-order valence-corrected chi connectivity index (χ2v) is 6.07. The number of hydrogen-bond acceptors (Lipinski definition) is 1. The minimum atomic E-state index is 0.322. The van der Waals surface area contributed by atoms with Gasteiger partial charge in [0.15, 0.2) is 0 Å². The zero-order chi connectivity index (χ0) is 15.4. The zero-order valence-electron chi connectivity index (χ0n) is 14.0. The highest BCUT2D eigenvalue weighted by Gasteiger charge is 2.11. The van der Waals surface area contributed by atoms with Gasteiger partial charge in [0.2, 0.25) is 0 Å². The molecule has 112 valence electrons. The molecule has 2 aromatic carbocycles. The molecular formula is C20H27N. The molecule has 0 saturated heterocycles. The molecule has 2 rings (SSSR count). The van der Waals surface area contributed by atoms with Gasteiger partial charge in [-0.1, -0.05) is 43.7 Å². The van der Waals surface area contributed by atoms with Crippen LogP contribution in [-0.4, -0.2) is 0 Å². The summed E-state index contributed by atoms with van der Waals surface area (Å²) in [5.41, 5.74) is 8.18. The van der Waals surface area contributed by atoms with Gasteiger partial charge in [-0.2, -0.15) is 0 Å². The van der Waals surface area contributed by atoms with Crippen molar-refractivity contribution in [1.82, 2.24) is 0 Å². The Balaban J connectivity index is 2.26. The molecule has 1 heteroatoms. The van der Waals surface area contributed by atoms with Gasteiger partial charge in [-0.15, -0.1) is 0 Å². The lowest BCUT2D eigenvalue weighted by Crippen LogP contribution is -2.10. The van der Waals surface area contributed by atoms with E-state index in [1.165, 1.54) is 39.9 Å². The predicted octanol–water partition coefficient (Wildman–Crippen LogP) is 5.74. The van der Waals surface area contributed by atoms with Gasteiger partial charge in [-0.05, 0) is 68.0 Å². The Morgan fingerprint density at radius 2 is 1.62 bits per heavy atom. The Bertz CT molecular complexity index is 613. The first-order valence-electron chi connectivity index (χ1n) is 7.95. The molecule has 1 N–H and O–H groups in total. The summed E-state index contributed by atoms with van der Waals surface area (Å²) in [4.78, 5) is 0. The van der Waals surface area contributed by atoms with Crippen LogP contribution in [0.4, 0.5) is 5.69 Å². The Kier molecular flexibility index (Phi) is 5.06. The molecule has 0 aliphatic carbocycles. The lowest BCUT2D eigenvalue weighted by atomic mass is 9.96. The summed E-state index contributed by atoms with van der Waals surface area (Å²) in [6, 6.07) is 13.6. The van der Waals surface area contributed by atoms with Crippen LogP contribution in [0.2, 0.25) is 0 Å². The molecule has 0 aliphatic heterocycles. The van der Waals surface area contributed by atoms with Crippen molar-refractivity contribution >= 4 is 5.69 Å². The number of rotatable bonds is 5. The van der Waals surface area contributed by atoms with Crippen LogP contribution in [0.5, 0.6) is 0 Å². The average molecular weight is 281 g/mol. The summed E-state index contributed by atoms with van der Waals surface area (Å²) in [5.74, 6) is 0. The van der Waals surface area contributed by atoms with Crippen LogP contribution in [0.15, 0.2) is 36.4 Å². The summed E-state index contributed by atoms with van der Waals surface area (Å²) in [6.07, 6.45) is 2.30. The van der Waals surface area contributed by atoms with E-state index in [0.717, 1.165) is 6.42 Å². The molecule has 0 amide bonds. The maximum absolute atomic E-state index is 3.70. The summed E-state index contributed by atoms with van der Waals surface area (Å²) in [7, 11) is 0. The molecule has 0 fully saturated rings. The van der Waals surface area contributed by atoms with E-state index < -0.39 is 0 Å². The third-order valence-corrected chi connectivity index (χ3v) is 4.26. The highest BCUT2D eigenvalue weighted by atomic mass is 14.9. The van der Waals surface area contributed by atoms with Crippen LogP contribution in [0, 0.1) is 20.8 Å². The molecule has 0 aliphatic rings. The average Bonchev–Trinajstić information content (AvgIpc) is 2.45. The fraction of sp³-hybridized carbons (Fsp3) is 0.400. The summed E-state index contributed by atoms with van der Waals surface area (Å²) < 4.78 is 0. The first-order valence-corrected chi connectivity index (χ1v) is 7.95. The number of aryl methyl sites for hydroxylation is 4. The lowest BCUT2D eigenvalue weighted by Gasteiger charge is -2.21. The van der Waals surface area contributed by atoms with E-state index in [0.29, 0.717) is 6.04 Å². The molecular weight excluding hydrogens is 254 g/mol. The maximum Gasteiger partial charge on any atom is 0.0488 e. The fourth-order valence-corrected chi connectivity index (χ4v) is 2.91. The normalized spacial score (nSPS) is 12.2. The summed E-state index contributed by atoms with van der Waals surface area (Å²) in [6.45, 7) is 11.1. The van der Waals surface area contributed by atoms with Crippen molar-refractivity contribution in [3.8, 4) is 0 Å². The van der Waals surface area contributed by atoms with Crippen molar-refractivity contribution in [1.29, 1.82) is 0 Å². The van der Waals surface area contributed by atoms with Gasteiger partial charge in [-0.25, -0.2) is 0 Å². The van der Waals surface area contributed by atoms with Gasteiger partial charge in [-0.3, -0.25) is 0 Å². The largest absolute Gasteiger partial charge is 0.378 e. The fourth-order valence-electron chi connectivity index (χ4n) is 2.91. The molecule has 21 heavy (non-hydrogen) atoms. The van der Waals surface area contributed by atoms with Crippen LogP contribution in [0.25, 0.3) is 0 Å². The second-order valence-electron chi connectivity index (χ2n) is 6.07. The van der Waals surface area contributed by atoms with E-state index in [-0.39, 0.29) is 0 Å². The minimum absolute atomic E-state index is 0.322. The first kappa shape index (κ1) is 15.6. The number of benzene rings is 2. The predicted molar refractivity (Wildman–Crippen MR) is 93.1 cm³/mol. The third-order valence-electron chi connectivity index (χ3n) is 4.26. The molecule has 1 nitrogen and oxygen atoms in total. The Morgan fingerprint density at radius 1 is 0.952 bits per heavy atom. The Labute approximate surface area is 129 Å². The zero-order valence-corrected chi connectivity index (χ0v) is 14.0. The molecule has 0 saturated carbocycles. The monoisotopic (exact) mass is 281 g/mol. The van der Waals surface area contributed by atoms with Gasteiger partial charge >= 0.3 is 0 Å². The minimum Gasteiger partial charge on any atom is -0.378 e.